The Bertz CT molecular complexity index is 973. The van der Waals surface area contributed by atoms with Crippen molar-refractivity contribution in [1.82, 2.24) is 5.32 Å². The van der Waals surface area contributed by atoms with Gasteiger partial charge < -0.3 is 4.90 Å². The summed E-state index contributed by atoms with van der Waals surface area (Å²) in [6.45, 7) is 2.17. The molecule has 1 fully saturated rings. The zero-order valence-electron chi connectivity index (χ0n) is 15.0. The Morgan fingerprint density at radius 1 is 1.07 bits per heavy atom. The van der Waals surface area contributed by atoms with Gasteiger partial charge in [0.2, 0.25) is 5.91 Å². The molecule has 27 heavy (non-hydrogen) atoms. The third-order valence-corrected chi connectivity index (χ3v) is 5.45. The van der Waals surface area contributed by atoms with Crippen LogP contribution in [0.3, 0.4) is 0 Å². The fourth-order valence-electron chi connectivity index (χ4n) is 3.90. The number of fused-ring (bicyclic) bond motifs is 1. The summed E-state index contributed by atoms with van der Waals surface area (Å²) in [6, 6.07) is 11.6. The van der Waals surface area contributed by atoms with Crippen molar-refractivity contribution in [2.45, 2.75) is 13.3 Å². The van der Waals surface area contributed by atoms with Crippen molar-refractivity contribution < 1.29 is 14.4 Å². The molecule has 0 bridgehead atoms. The number of benzene rings is 2. The van der Waals surface area contributed by atoms with Crippen molar-refractivity contribution in [3.05, 3.63) is 58.6 Å². The Labute approximate surface area is 161 Å². The molecular formula is C20H18ClN3O3. The quantitative estimate of drug-likeness (QED) is 0.769. The number of carbonyl (C=O) groups is 3. The molecule has 1 saturated heterocycles. The van der Waals surface area contributed by atoms with E-state index in [4.69, 9.17) is 11.6 Å². The molecule has 1 N–H and O–H groups in total. The van der Waals surface area contributed by atoms with Gasteiger partial charge >= 0.3 is 6.03 Å². The zero-order chi connectivity index (χ0) is 19.3. The van der Waals surface area contributed by atoms with Crippen LogP contribution in [0, 0.1) is 12.3 Å². The van der Waals surface area contributed by atoms with Crippen molar-refractivity contribution in [2.24, 2.45) is 5.41 Å². The van der Waals surface area contributed by atoms with Crippen molar-refractivity contribution in [1.29, 1.82) is 0 Å². The summed E-state index contributed by atoms with van der Waals surface area (Å²) in [6.07, 6.45) is 0.246. The summed E-state index contributed by atoms with van der Waals surface area (Å²) in [5, 5.41) is 2.86. The number of halogens is 1. The minimum Gasteiger partial charge on any atom is -0.373 e. The lowest BCUT2D eigenvalue weighted by molar-refractivity contribution is -0.142. The lowest BCUT2D eigenvalue weighted by Gasteiger charge is -2.45. The summed E-state index contributed by atoms with van der Waals surface area (Å²) >= 11 is 5.91. The largest absolute Gasteiger partial charge is 0.373 e. The normalized spacial score (nSPS) is 22.1. The van der Waals surface area contributed by atoms with E-state index in [1.807, 2.05) is 37.1 Å². The SMILES string of the molecule is Cc1ccc2c(c1)C[C@]1(CN2C)C(=O)NC(=O)N(c2ccc(Cl)cc2)C1=O. The number of nitrogens with zero attached hydrogens (tertiary/aromatic N) is 2. The van der Waals surface area contributed by atoms with Crippen LogP contribution >= 0.6 is 11.6 Å². The first kappa shape index (κ1) is 17.5. The van der Waals surface area contributed by atoms with Gasteiger partial charge in [0.05, 0.1) is 5.69 Å². The van der Waals surface area contributed by atoms with Gasteiger partial charge in [-0.25, -0.2) is 9.69 Å². The second kappa shape index (κ2) is 6.09. The summed E-state index contributed by atoms with van der Waals surface area (Å²) in [5.41, 5.74) is 1.97. The van der Waals surface area contributed by atoms with Gasteiger partial charge in [0.15, 0.2) is 5.41 Å². The summed E-state index contributed by atoms with van der Waals surface area (Å²) < 4.78 is 0. The van der Waals surface area contributed by atoms with E-state index in [0.717, 1.165) is 21.7 Å². The number of urea groups is 1. The molecule has 1 spiro atoms. The maximum atomic E-state index is 13.4. The highest BCUT2D eigenvalue weighted by molar-refractivity contribution is 6.32. The third-order valence-electron chi connectivity index (χ3n) is 5.20. The highest BCUT2D eigenvalue weighted by atomic mass is 35.5. The van der Waals surface area contributed by atoms with Crippen LogP contribution in [0.2, 0.25) is 5.02 Å². The second-order valence-electron chi connectivity index (χ2n) is 7.12. The van der Waals surface area contributed by atoms with E-state index in [-0.39, 0.29) is 13.0 Å². The Hall–Kier alpha value is -2.86. The third kappa shape index (κ3) is 2.68. The minimum atomic E-state index is -1.36. The Kier molecular flexibility index (Phi) is 3.96. The molecule has 4 amide bonds. The van der Waals surface area contributed by atoms with Gasteiger partial charge in [-0.3, -0.25) is 14.9 Å². The predicted octanol–water partition coefficient (Wildman–Crippen LogP) is 2.91. The predicted molar refractivity (Wildman–Crippen MR) is 103 cm³/mol. The molecule has 2 heterocycles. The molecule has 7 heteroatoms. The Morgan fingerprint density at radius 2 is 1.78 bits per heavy atom. The van der Waals surface area contributed by atoms with Gasteiger partial charge in [0, 0.05) is 24.3 Å². The maximum absolute atomic E-state index is 13.4. The van der Waals surface area contributed by atoms with Gasteiger partial charge in [-0.2, -0.15) is 0 Å². The van der Waals surface area contributed by atoms with Crippen LogP contribution in [0.1, 0.15) is 11.1 Å². The van der Waals surface area contributed by atoms with Crippen LogP contribution in [-0.2, 0) is 16.0 Å². The zero-order valence-corrected chi connectivity index (χ0v) is 15.7. The number of amides is 4. The van der Waals surface area contributed by atoms with E-state index in [0.29, 0.717) is 10.7 Å². The van der Waals surface area contributed by atoms with E-state index in [2.05, 4.69) is 5.32 Å². The number of barbiturate groups is 1. The number of hydrogen-bond acceptors (Lipinski definition) is 4. The number of rotatable bonds is 1. The van der Waals surface area contributed by atoms with E-state index in [1.165, 1.54) is 0 Å². The number of nitrogens with one attached hydrogen (secondary N) is 1. The van der Waals surface area contributed by atoms with Crippen LogP contribution in [0.15, 0.2) is 42.5 Å². The molecule has 0 radical (unpaired) electrons. The fourth-order valence-corrected chi connectivity index (χ4v) is 4.02. The molecular weight excluding hydrogens is 366 g/mol. The van der Waals surface area contributed by atoms with Crippen molar-refractivity contribution in [3.63, 3.8) is 0 Å². The lowest BCUT2D eigenvalue weighted by Crippen LogP contribution is -2.68. The highest BCUT2D eigenvalue weighted by Gasteiger charge is 2.56. The maximum Gasteiger partial charge on any atom is 0.335 e. The highest BCUT2D eigenvalue weighted by Crippen LogP contribution is 2.40. The topological polar surface area (TPSA) is 69.7 Å². The second-order valence-corrected chi connectivity index (χ2v) is 7.56. The Morgan fingerprint density at radius 3 is 2.48 bits per heavy atom. The summed E-state index contributed by atoms with van der Waals surface area (Å²) in [7, 11) is 1.85. The number of aryl methyl sites for hydroxylation is 1. The van der Waals surface area contributed by atoms with Gasteiger partial charge in [0.25, 0.3) is 5.91 Å². The first-order valence-electron chi connectivity index (χ1n) is 8.58. The average molecular weight is 384 g/mol. The molecule has 2 aliphatic heterocycles. The number of imide groups is 2. The molecule has 0 aliphatic carbocycles. The van der Waals surface area contributed by atoms with Crippen LogP contribution in [-0.4, -0.2) is 31.4 Å². The smallest absolute Gasteiger partial charge is 0.335 e. The Balaban J connectivity index is 1.80. The minimum absolute atomic E-state index is 0.200. The number of anilines is 2. The molecule has 1 atom stereocenters. The monoisotopic (exact) mass is 383 g/mol. The first-order chi connectivity index (χ1) is 12.8. The van der Waals surface area contributed by atoms with Gasteiger partial charge in [0.1, 0.15) is 0 Å². The number of hydrogen-bond donors (Lipinski definition) is 1. The average Bonchev–Trinajstić information content (AvgIpc) is 2.61. The molecule has 4 rings (SSSR count). The first-order valence-corrected chi connectivity index (χ1v) is 8.96. The lowest BCUT2D eigenvalue weighted by atomic mass is 9.74. The van der Waals surface area contributed by atoms with Crippen molar-refractivity contribution in [2.75, 3.05) is 23.4 Å². The van der Waals surface area contributed by atoms with Crippen molar-refractivity contribution in [3.8, 4) is 0 Å². The van der Waals surface area contributed by atoms with Crippen LogP contribution < -0.4 is 15.1 Å². The molecule has 2 aromatic carbocycles. The van der Waals surface area contributed by atoms with Crippen molar-refractivity contribution >= 4 is 40.8 Å². The summed E-state index contributed by atoms with van der Waals surface area (Å²) in [5.74, 6) is -1.07. The van der Waals surface area contributed by atoms with E-state index in [9.17, 15) is 14.4 Å². The van der Waals surface area contributed by atoms with E-state index in [1.54, 1.807) is 24.3 Å². The van der Waals surface area contributed by atoms with E-state index < -0.39 is 23.3 Å². The van der Waals surface area contributed by atoms with Crippen LogP contribution in [0.4, 0.5) is 16.2 Å². The molecule has 0 aromatic heterocycles. The standard InChI is InChI=1S/C20H18ClN3O3/c1-12-3-8-16-13(9-12)10-20(11-23(16)2)17(25)22-19(27)24(18(20)26)15-6-4-14(21)5-7-15/h3-9H,10-11H2,1-2H3,(H,22,25,27)/t20-/m0/s1. The van der Waals surface area contributed by atoms with E-state index >= 15 is 0 Å². The number of carbonyl (C=O) groups excluding carboxylic acids is 3. The molecule has 2 aliphatic rings. The van der Waals surface area contributed by atoms with Gasteiger partial charge in [-0.05, 0) is 49.2 Å². The summed E-state index contributed by atoms with van der Waals surface area (Å²) in [4.78, 5) is 41.6. The molecule has 2 aromatic rings. The molecule has 0 saturated carbocycles. The molecule has 138 valence electrons. The fraction of sp³-hybridized carbons (Fsp3) is 0.250. The van der Waals surface area contributed by atoms with Crippen LogP contribution in [0.25, 0.3) is 0 Å². The van der Waals surface area contributed by atoms with Gasteiger partial charge in [-0.15, -0.1) is 0 Å². The molecule has 0 unspecified atom stereocenters. The van der Waals surface area contributed by atoms with Crippen LogP contribution in [0.5, 0.6) is 0 Å². The van der Waals surface area contributed by atoms with Gasteiger partial charge in [-0.1, -0.05) is 29.3 Å². The molecule has 6 nitrogen and oxygen atoms in total.